The van der Waals surface area contributed by atoms with Crippen LogP contribution in [-0.4, -0.2) is 55.8 Å². The fraction of sp³-hybridized carbons (Fsp3) is 0.600. The van der Waals surface area contributed by atoms with Crippen LogP contribution in [0.2, 0.25) is 5.02 Å². The summed E-state index contributed by atoms with van der Waals surface area (Å²) in [7, 11) is 1.62. The van der Waals surface area contributed by atoms with Gasteiger partial charge in [0.1, 0.15) is 5.92 Å². The number of hydrogen-bond acceptors (Lipinski definition) is 6. The first-order valence-corrected chi connectivity index (χ1v) is 9.58. The number of aryl methyl sites for hydroxylation is 2. The van der Waals surface area contributed by atoms with Crippen molar-refractivity contribution >= 4 is 23.4 Å². The molecule has 0 N–H and O–H groups in total. The number of halogens is 1. The highest BCUT2D eigenvalue weighted by atomic mass is 35.5. The Balaban J connectivity index is 1.80. The SMILES string of the molecule is COCCON1CCC2(CC1)OC(=O)C(c1c(C)cc(C)c(Cl)c1C)C2=O. The number of carbonyl (C=O) groups excluding carboxylic acids is 2. The van der Waals surface area contributed by atoms with E-state index in [0.717, 1.165) is 16.7 Å². The molecule has 27 heavy (non-hydrogen) atoms. The molecule has 2 fully saturated rings. The van der Waals surface area contributed by atoms with Crippen LogP contribution in [0.3, 0.4) is 0 Å². The minimum absolute atomic E-state index is 0.157. The zero-order valence-electron chi connectivity index (χ0n) is 16.3. The summed E-state index contributed by atoms with van der Waals surface area (Å²) in [5.74, 6) is -1.53. The Morgan fingerprint density at radius 2 is 1.85 bits per heavy atom. The lowest BCUT2D eigenvalue weighted by atomic mass is 9.79. The number of hydroxylamine groups is 2. The third kappa shape index (κ3) is 3.63. The molecule has 0 aromatic heterocycles. The predicted octanol–water partition coefficient (Wildman–Crippen LogP) is 2.89. The number of piperidine rings is 1. The number of ketones is 1. The lowest BCUT2D eigenvalue weighted by Crippen LogP contribution is -2.48. The molecule has 2 aliphatic heterocycles. The van der Waals surface area contributed by atoms with Gasteiger partial charge in [-0.05, 0) is 43.0 Å². The average molecular weight is 396 g/mol. The highest BCUT2D eigenvalue weighted by Gasteiger charge is 2.57. The summed E-state index contributed by atoms with van der Waals surface area (Å²) >= 11 is 6.39. The van der Waals surface area contributed by atoms with E-state index in [0.29, 0.717) is 49.7 Å². The van der Waals surface area contributed by atoms with Gasteiger partial charge in [-0.25, -0.2) is 0 Å². The molecule has 148 valence electrons. The molecule has 1 atom stereocenters. The van der Waals surface area contributed by atoms with Crippen LogP contribution in [0.5, 0.6) is 0 Å². The van der Waals surface area contributed by atoms with Crippen molar-refractivity contribution < 1.29 is 23.9 Å². The minimum atomic E-state index is -1.06. The van der Waals surface area contributed by atoms with E-state index in [1.54, 1.807) is 12.2 Å². The molecule has 2 heterocycles. The third-order valence-corrected chi connectivity index (χ3v) is 6.14. The Hall–Kier alpha value is -1.47. The van der Waals surface area contributed by atoms with E-state index in [9.17, 15) is 9.59 Å². The van der Waals surface area contributed by atoms with Gasteiger partial charge in [-0.1, -0.05) is 17.7 Å². The minimum Gasteiger partial charge on any atom is -0.450 e. The predicted molar refractivity (Wildman–Crippen MR) is 101 cm³/mol. The number of ether oxygens (including phenoxy) is 2. The zero-order valence-corrected chi connectivity index (χ0v) is 17.0. The van der Waals surface area contributed by atoms with Crippen LogP contribution in [0.4, 0.5) is 0 Å². The van der Waals surface area contributed by atoms with E-state index in [2.05, 4.69) is 0 Å². The van der Waals surface area contributed by atoms with E-state index >= 15 is 0 Å². The summed E-state index contributed by atoms with van der Waals surface area (Å²) in [5, 5.41) is 2.40. The summed E-state index contributed by atoms with van der Waals surface area (Å²) in [6.07, 6.45) is 0.859. The third-order valence-electron chi connectivity index (χ3n) is 5.56. The summed E-state index contributed by atoms with van der Waals surface area (Å²) in [6, 6.07) is 1.92. The van der Waals surface area contributed by atoms with Crippen molar-refractivity contribution in [1.82, 2.24) is 5.06 Å². The molecule has 1 spiro atoms. The maximum Gasteiger partial charge on any atom is 0.322 e. The van der Waals surface area contributed by atoms with Crippen LogP contribution in [0.25, 0.3) is 0 Å². The number of Topliss-reactive ketones (excluding diaryl/α,β-unsaturated/α-hetero) is 1. The summed E-state index contributed by atoms with van der Waals surface area (Å²) < 4.78 is 10.7. The maximum absolute atomic E-state index is 13.3. The molecule has 1 aromatic rings. The molecule has 3 rings (SSSR count). The number of nitrogens with zero attached hydrogens (tertiary/aromatic N) is 1. The summed E-state index contributed by atoms with van der Waals surface area (Å²) in [6.45, 7) is 7.70. The Morgan fingerprint density at radius 3 is 2.48 bits per heavy atom. The van der Waals surface area contributed by atoms with Gasteiger partial charge in [0, 0.05) is 38.1 Å². The molecule has 0 saturated carbocycles. The maximum atomic E-state index is 13.3. The first kappa shape index (κ1) is 20.3. The first-order chi connectivity index (χ1) is 12.8. The largest absolute Gasteiger partial charge is 0.450 e. The smallest absolute Gasteiger partial charge is 0.322 e. The fourth-order valence-corrected chi connectivity index (χ4v) is 4.27. The van der Waals surface area contributed by atoms with Gasteiger partial charge in [-0.3, -0.25) is 14.4 Å². The van der Waals surface area contributed by atoms with Crippen LogP contribution < -0.4 is 0 Å². The Bertz CT molecular complexity index is 755. The molecule has 6 nitrogen and oxygen atoms in total. The van der Waals surface area contributed by atoms with E-state index in [1.807, 2.05) is 26.8 Å². The second kappa shape index (κ2) is 7.87. The second-order valence-electron chi connectivity index (χ2n) is 7.33. The average Bonchev–Trinajstić information content (AvgIpc) is 2.86. The molecule has 0 amide bonds. The monoisotopic (exact) mass is 395 g/mol. The Labute approximate surface area is 164 Å². The normalized spacial score (nSPS) is 22.5. The fourth-order valence-electron chi connectivity index (χ4n) is 4.12. The highest BCUT2D eigenvalue weighted by Crippen LogP contribution is 2.43. The van der Waals surface area contributed by atoms with Gasteiger partial charge in [-0.2, -0.15) is 5.06 Å². The highest BCUT2D eigenvalue weighted by molar-refractivity contribution is 6.32. The van der Waals surface area contributed by atoms with E-state index in [4.69, 9.17) is 25.9 Å². The number of rotatable bonds is 5. The molecule has 0 bridgehead atoms. The van der Waals surface area contributed by atoms with Crippen molar-refractivity contribution in [1.29, 1.82) is 0 Å². The topological polar surface area (TPSA) is 65.1 Å². The van der Waals surface area contributed by atoms with Crippen molar-refractivity contribution in [2.45, 2.75) is 45.1 Å². The second-order valence-corrected chi connectivity index (χ2v) is 7.71. The molecule has 1 unspecified atom stereocenters. The Morgan fingerprint density at radius 1 is 1.19 bits per heavy atom. The molecule has 2 saturated heterocycles. The number of benzene rings is 1. The van der Waals surface area contributed by atoms with Crippen LogP contribution in [0.15, 0.2) is 6.07 Å². The van der Waals surface area contributed by atoms with Gasteiger partial charge in [0.05, 0.1) is 13.2 Å². The van der Waals surface area contributed by atoms with Crippen LogP contribution >= 0.6 is 11.6 Å². The lowest BCUT2D eigenvalue weighted by molar-refractivity contribution is -0.202. The lowest BCUT2D eigenvalue weighted by Gasteiger charge is -2.36. The van der Waals surface area contributed by atoms with Crippen LogP contribution in [-0.2, 0) is 23.9 Å². The van der Waals surface area contributed by atoms with Gasteiger partial charge < -0.3 is 9.47 Å². The number of esters is 1. The number of methoxy groups -OCH3 is 1. The van der Waals surface area contributed by atoms with E-state index < -0.39 is 17.5 Å². The van der Waals surface area contributed by atoms with E-state index in [1.165, 1.54) is 0 Å². The van der Waals surface area contributed by atoms with Crippen molar-refractivity contribution in [2.75, 3.05) is 33.4 Å². The zero-order chi connectivity index (χ0) is 19.8. The Kier molecular flexibility index (Phi) is 5.91. The van der Waals surface area contributed by atoms with Crippen molar-refractivity contribution in [3.8, 4) is 0 Å². The van der Waals surface area contributed by atoms with Gasteiger partial charge in [0.25, 0.3) is 0 Å². The molecule has 0 radical (unpaired) electrons. The van der Waals surface area contributed by atoms with Crippen LogP contribution in [0.1, 0.15) is 41.0 Å². The van der Waals surface area contributed by atoms with Crippen molar-refractivity contribution in [3.63, 3.8) is 0 Å². The van der Waals surface area contributed by atoms with Gasteiger partial charge >= 0.3 is 5.97 Å². The quantitative estimate of drug-likeness (QED) is 0.434. The number of hydrogen-bond donors (Lipinski definition) is 0. The molecule has 7 heteroatoms. The summed E-state index contributed by atoms with van der Waals surface area (Å²) in [5.41, 5.74) is 2.24. The summed E-state index contributed by atoms with van der Waals surface area (Å²) in [4.78, 5) is 31.6. The van der Waals surface area contributed by atoms with E-state index in [-0.39, 0.29) is 5.78 Å². The van der Waals surface area contributed by atoms with Gasteiger partial charge in [-0.15, -0.1) is 0 Å². The van der Waals surface area contributed by atoms with Crippen molar-refractivity contribution in [3.05, 3.63) is 33.3 Å². The number of carbonyl (C=O) groups is 2. The molecule has 1 aromatic carbocycles. The van der Waals surface area contributed by atoms with Crippen molar-refractivity contribution in [2.24, 2.45) is 0 Å². The van der Waals surface area contributed by atoms with Gasteiger partial charge in [0.15, 0.2) is 11.4 Å². The molecule has 2 aliphatic rings. The molecular formula is C20H26ClNO5. The standard InChI is InChI=1S/C20H26ClNO5/c1-12-11-13(2)17(21)14(3)15(12)16-18(23)20(27-19(16)24)5-7-22(8-6-20)26-10-9-25-4/h11,16H,5-10H2,1-4H3. The molecule has 0 aliphatic carbocycles. The molecular weight excluding hydrogens is 370 g/mol. The van der Waals surface area contributed by atoms with Crippen LogP contribution in [0, 0.1) is 20.8 Å². The van der Waals surface area contributed by atoms with Gasteiger partial charge in [0.2, 0.25) is 0 Å². The first-order valence-electron chi connectivity index (χ1n) is 9.21.